The molecule has 14 heavy (non-hydrogen) atoms. The largest absolute Gasteiger partial charge is 0.778 e. The van der Waals surface area contributed by atoms with E-state index in [0.717, 1.165) is 18.2 Å². The highest BCUT2D eigenvalue weighted by molar-refractivity contribution is 7.59. The predicted octanol–water partition coefficient (Wildman–Crippen LogP) is 2.70. The van der Waals surface area contributed by atoms with Crippen LogP contribution in [0.15, 0.2) is 28.4 Å². The van der Waals surface area contributed by atoms with E-state index in [1.54, 1.807) is 0 Å². The van der Waals surface area contributed by atoms with Crippen LogP contribution in [0.4, 0.5) is 18.9 Å². The number of nitrogens with zero attached hydrogens (tertiary/aromatic N) is 1. The third kappa shape index (κ3) is 2.32. The lowest BCUT2D eigenvalue weighted by atomic mass is 10.2. The summed E-state index contributed by atoms with van der Waals surface area (Å²) in [5.41, 5.74) is 0.855. The molecule has 0 fully saturated rings. The molecule has 1 rings (SSSR count). The Morgan fingerprint density at radius 1 is 1.36 bits per heavy atom. The molecule has 1 aromatic rings. The highest BCUT2D eigenvalue weighted by Crippen LogP contribution is 2.32. The van der Waals surface area contributed by atoms with Crippen molar-refractivity contribution in [2.24, 2.45) is 5.29 Å². The minimum absolute atomic E-state index is 0.109. The van der Waals surface area contributed by atoms with Crippen LogP contribution in [0, 0.1) is 4.91 Å². The second kappa shape index (κ2) is 3.79. The van der Waals surface area contributed by atoms with E-state index >= 15 is 0 Å². The van der Waals surface area contributed by atoms with Gasteiger partial charge in [0.15, 0.2) is 0 Å². The number of benzene rings is 1. The smallest absolute Gasteiger partial charge is 0.416 e. The van der Waals surface area contributed by atoms with E-state index < -0.39 is 11.7 Å². The third-order valence-corrected chi connectivity index (χ3v) is 1.83. The fourth-order valence-corrected chi connectivity index (χ4v) is 1.02. The molecule has 0 radical (unpaired) electrons. The van der Waals surface area contributed by atoms with Gasteiger partial charge in [0.25, 0.3) is 0 Å². The molecule has 0 saturated heterocycles. The Balaban J connectivity index is 3.12. The van der Waals surface area contributed by atoms with Crippen LogP contribution in [0.3, 0.4) is 0 Å². The quantitative estimate of drug-likeness (QED) is 0.474. The van der Waals surface area contributed by atoms with Crippen LogP contribution in [-0.2, 0) is 18.8 Å². The Labute approximate surface area is 82.7 Å². The Bertz CT molecular complexity index is 353. The van der Waals surface area contributed by atoms with Gasteiger partial charge in [0.1, 0.15) is 0 Å². The number of halogens is 3. The molecule has 1 N–H and O–H groups in total. The molecule has 0 heterocycles. The van der Waals surface area contributed by atoms with Crippen LogP contribution >= 0.6 is 0 Å². The van der Waals surface area contributed by atoms with Crippen molar-refractivity contribution >= 4 is 18.3 Å². The van der Waals surface area contributed by atoms with Crippen LogP contribution in [0.1, 0.15) is 5.56 Å². The lowest BCUT2D eigenvalue weighted by Gasteiger charge is -2.14. The Morgan fingerprint density at radius 2 is 2.00 bits per heavy atom. The second-order valence-electron chi connectivity index (χ2n) is 2.41. The molecule has 76 valence electrons. The summed E-state index contributed by atoms with van der Waals surface area (Å²) in [7, 11) is 0. The SMILES string of the molecule is O=NNc1cc(C(F)(F)F)ccc1[S-]. The highest BCUT2D eigenvalue weighted by atomic mass is 32.1. The normalized spacial score (nSPS) is 11.1. The summed E-state index contributed by atoms with van der Waals surface area (Å²) in [5, 5.41) is 2.26. The van der Waals surface area contributed by atoms with E-state index in [1.807, 2.05) is 5.43 Å². The average molecular weight is 221 g/mol. The number of nitrogens with one attached hydrogen (secondary N) is 1. The molecule has 0 aliphatic carbocycles. The second-order valence-corrected chi connectivity index (χ2v) is 2.85. The molecule has 7 heteroatoms. The van der Waals surface area contributed by atoms with Crippen molar-refractivity contribution in [1.29, 1.82) is 0 Å². The van der Waals surface area contributed by atoms with Gasteiger partial charge in [-0.2, -0.15) is 13.2 Å². The van der Waals surface area contributed by atoms with E-state index in [9.17, 15) is 18.1 Å². The van der Waals surface area contributed by atoms with Crippen LogP contribution in [0.2, 0.25) is 0 Å². The molecular weight excluding hydrogens is 217 g/mol. The summed E-state index contributed by atoms with van der Waals surface area (Å²) < 4.78 is 36.5. The van der Waals surface area contributed by atoms with Gasteiger partial charge in [-0.3, -0.25) is 0 Å². The first kappa shape index (κ1) is 10.7. The van der Waals surface area contributed by atoms with E-state index in [1.165, 1.54) is 0 Å². The first-order valence-electron chi connectivity index (χ1n) is 3.42. The van der Waals surface area contributed by atoms with Crippen molar-refractivity contribution in [2.75, 3.05) is 5.43 Å². The summed E-state index contributed by atoms with van der Waals surface area (Å²) in [6.45, 7) is 0. The summed E-state index contributed by atoms with van der Waals surface area (Å²) >= 11 is 4.67. The number of hydrogen-bond acceptors (Lipinski definition) is 3. The zero-order valence-corrected chi connectivity index (χ0v) is 7.45. The maximum atomic E-state index is 12.2. The number of nitroso groups, excluding NO2 is 1. The Hall–Kier alpha value is -1.37. The first-order valence-corrected chi connectivity index (χ1v) is 3.82. The number of anilines is 1. The molecule has 0 atom stereocenters. The zero-order chi connectivity index (χ0) is 10.8. The van der Waals surface area contributed by atoms with Crippen molar-refractivity contribution in [3.05, 3.63) is 28.7 Å². The molecule has 0 saturated carbocycles. The number of hydrogen-bond donors (Lipinski definition) is 1. The molecular formula is C7H4F3N2OS-. The van der Waals surface area contributed by atoms with E-state index in [0.29, 0.717) is 0 Å². The molecule has 1 aromatic carbocycles. The summed E-state index contributed by atoms with van der Waals surface area (Å²) in [4.78, 5) is 9.91. The monoisotopic (exact) mass is 221 g/mol. The molecule has 0 aliphatic heterocycles. The topological polar surface area (TPSA) is 41.5 Å². The average Bonchev–Trinajstić information content (AvgIpc) is 2.07. The third-order valence-electron chi connectivity index (χ3n) is 1.47. The maximum Gasteiger partial charge on any atom is 0.416 e. The standard InChI is InChI=1S/C7H5F3N2OS/c8-7(9,10)4-1-2-6(14)5(3-4)11-12-13/h1-3,14H,(H,11,13)/p-1. The summed E-state index contributed by atoms with van der Waals surface area (Å²) in [5.74, 6) is 0. The van der Waals surface area contributed by atoms with Crippen molar-refractivity contribution < 1.29 is 13.2 Å². The van der Waals surface area contributed by atoms with Gasteiger partial charge in [-0.1, -0.05) is 12.1 Å². The lowest BCUT2D eigenvalue weighted by molar-refractivity contribution is -0.137. The van der Waals surface area contributed by atoms with Crippen LogP contribution in [-0.4, -0.2) is 0 Å². The van der Waals surface area contributed by atoms with Gasteiger partial charge in [-0.25, -0.2) is 5.43 Å². The maximum absolute atomic E-state index is 12.2. The van der Waals surface area contributed by atoms with Crippen LogP contribution < -0.4 is 5.43 Å². The van der Waals surface area contributed by atoms with Gasteiger partial charge in [-0.15, -0.1) is 9.80 Å². The highest BCUT2D eigenvalue weighted by Gasteiger charge is 2.30. The van der Waals surface area contributed by atoms with Crippen LogP contribution in [0.25, 0.3) is 0 Å². The van der Waals surface area contributed by atoms with Crippen molar-refractivity contribution in [2.45, 2.75) is 11.1 Å². The Morgan fingerprint density at radius 3 is 2.50 bits per heavy atom. The van der Waals surface area contributed by atoms with Gasteiger partial charge < -0.3 is 12.6 Å². The molecule has 0 bridgehead atoms. The van der Waals surface area contributed by atoms with Crippen LogP contribution in [0.5, 0.6) is 0 Å². The molecule has 0 aliphatic rings. The molecule has 0 spiro atoms. The van der Waals surface area contributed by atoms with E-state index in [2.05, 4.69) is 17.9 Å². The number of alkyl halides is 3. The fraction of sp³-hybridized carbons (Fsp3) is 0.143. The molecule has 3 nitrogen and oxygen atoms in total. The molecule has 0 amide bonds. The molecule has 0 unspecified atom stereocenters. The van der Waals surface area contributed by atoms with Crippen molar-refractivity contribution in [3.63, 3.8) is 0 Å². The summed E-state index contributed by atoms with van der Waals surface area (Å²) in [6.07, 6.45) is -4.46. The van der Waals surface area contributed by atoms with Gasteiger partial charge in [-0.05, 0) is 6.07 Å². The minimum atomic E-state index is -4.46. The van der Waals surface area contributed by atoms with Crippen molar-refractivity contribution in [3.8, 4) is 0 Å². The first-order chi connectivity index (χ1) is 6.45. The van der Waals surface area contributed by atoms with Gasteiger partial charge in [0.05, 0.1) is 10.8 Å². The Kier molecular flexibility index (Phi) is 2.90. The van der Waals surface area contributed by atoms with Crippen molar-refractivity contribution in [1.82, 2.24) is 0 Å². The minimum Gasteiger partial charge on any atom is -0.778 e. The molecule has 0 aromatic heterocycles. The predicted molar refractivity (Wildman–Crippen MR) is 46.5 cm³/mol. The van der Waals surface area contributed by atoms with Gasteiger partial charge in [0.2, 0.25) is 0 Å². The van der Waals surface area contributed by atoms with E-state index in [-0.39, 0.29) is 10.6 Å². The van der Waals surface area contributed by atoms with Gasteiger partial charge >= 0.3 is 6.18 Å². The van der Waals surface area contributed by atoms with E-state index in [4.69, 9.17) is 0 Å². The fourth-order valence-electron chi connectivity index (χ4n) is 0.843. The van der Waals surface area contributed by atoms with Gasteiger partial charge in [0, 0.05) is 5.69 Å². The zero-order valence-electron chi connectivity index (χ0n) is 6.63. The summed E-state index contributed by atoms with van der Waals surface area (Å²) in [6, 6.07) is 2.67. The lowest BCUT2D eigenvalue weighted by Crippen LogP contribution is -2.05. The number of rotatable bonds is 2.